The van der Waals surface area contributed by atoms with Crippen LogP contribution in [0.4, 0.5) is 17.5 Å². The molecule has 182 valence electrons. The number of amides is 1. The van der Waals surface area contributed by atoms with Crippen LogP contribution in [0.3, 0.4) is 0 Å². The SMILES string of the molecule is Cc1ccc(Nc2nc(C)cc(N3CCN(C(=O)C4(c5ccc(Cl)cc5)CCCC4)CC3)n2)cc1. The van der Waals surface area contributed by atoms with E-state index in [2.05, 4.69) is 39.2 Å². The standard InChI is InChI=1S/C28H32ClN5O/c1-20-5-11-24(12-6-20)31-27-30-21(2)19-25(32-27)33-15-17-34(18-16-33)26(35)28(13-3-4-14-28)22-7-9-23(29)10-8-22/h5-12,19H,3-4,13-18H2,1-2H3,(H,30,31,32). The van der Waals surface area contributed by atoms with Crippen LogP contribution < -0.4 is 10.2 Å². The van der Waals surface area contributed by atoms with Crippen LogP contribution in [0.2, 0.25) is 5.02 Å². The lowest BCUT2D eigenvalue weighted by Crippen LogP contribution is -2.54. The van der Waals surface area contributed by atoms with Gasteiger partial charge in [-0.1, -0.05) is 54.3 Å². The molecule has 35 heavy (non-hydrogen) atoms. The molecule has 1 amide bonds. The smallest absolute Gasteiger partial charge is 0.233 e. The maximum Gasteiger partial charge on any atom is 0.233 e. The van der Waals surface area contributed by atoms with E-state index in [-0.39, 0.29) is 5.91 Å². The maximum atomic E-state index is 13.8. The van der Waals surface area contributed by atoms with Gasteiger partial charge in [0, 0.05) is 48.6 Å². The lowest BCUT2D eigenvalue weighted by molar-refractivity contribution is -0.137. The number of aryl methyl sites for hydroxylation is 2. The van der Waals surface area contributed by atoms with E-state index < -0.39 is 5.41 Å². The molecular weight excluding hydrogens is 458 g/mol. The zero-order chi connectivity index (χ0) is 24.4. The average Bonchev–Trinajstić information content (AvgIpc) is 3.36. The first kappa shape index (κ1) is 23.6. The topological polar surface area (TPSA) is 61.4 Å². The fourth-order valence-electron chi connectivity index (χ4n) is 5.35. The summed E-state index contributed by atoms with van der Waals surface area (Å²) in [4.78, 5) is 27.5. The Morgan fingerprint density at radius 1 is 0.914 bits per heavy atom. The third-order valence-electron chi connectivity index (χ3n) is 7.30. The molecule has 3 aromatic rings. The second-order valence-electron chi connectivity index (χ2n) is 9.76. The molecule has 2 fully saturated rings. The second kappa shape index (κ2) is 9.86. The number of anilines is 3. The fourth-order valence-corrected chi connectivity index (χ4v) is 5.48. The largest absolute Gasteiger partial charge is 0.353 e. The summed E-state index contributed by atoms with van der Waals surface area (Å²) in [6.45, 7) is 6.95. The van der Waals surface area contributed by atoms with Crippen LogP contribution in [-0.4, -0.2) is 47.0 Å². The summed E-state index contributed by atoms with van der Waals surface area (Å²) in [5.74, 6) is 1.75. The van der Waals surface area contributed by atoms with Gasteiger partial charge in [-0.25, -0.2) is 4.98 Å². The van der Waals surface area contributed by atoms with Crippen LogP contribution in [0.15, 0.2) is 54.6 Å². The van der Waals surface area contributed by atoms with Gasteiger partial charge in [-0.15, -0.1) is 0 Å². The number of benzene rings is 2. The van der Waals surface area contributed by atoms with Crippen LogP contribution in [0, 0.1) is 13.8 Å². The van der Waals surface area contributed by atoms with Crippen LogP contribution >= 0.6 is 11.6 Å². The van der Waals surface area contributed by atoms with Crippen molar-refractivity contribution in [1.29, 1.82) is 0 Å². The summed E-state index contributed by atoms with van der Waals surface area (Å²) in [6.07, 6.45) is 4.00. The van der Waals surface area contributed by atoms with Crippen molar-refractivity contribution >= 4 is 35.0 Å². The Morgan fingerprint density at radius 3 is 2.23 bits per heavy atom. The minimum atomic E-state index is -0.413. The summed E-state index contributed by atoms with van der Waals surface area (Å²) in [7, 11) is 0. The molecule has 1 saturated heterocycles. The van der Waals surface area contributed by atoms with E-state index >= 15 is 0 Å². The highest BCUT2D eigenvalue weighted by molar-refractivity contribution is 6.30. The number of carbonyl (C=O) groups is 1. The lowest BCUT2D eigenvalue weighted by atomic mass is 9.77. The van der Waals surface area contributed by atoms with E-state index in [1.165, 1.54) is 5.56 Å². The number of nitrogens with zero attached hydrogens (tertiary/aromatic N) is 4. The average molecular weight is 490 g/mol. The summed E-state index contributed by atoms with van der Waals surface area (Å²) < 4.78 is 0. The molecule has 0 bridgehead atoms. The Bertz CT molecular complexity index is 1180. The highest BCUT2D eigenvalue weighted by Crippen LogP contribution is 2.43. The first-order chi connectivity index (χ1) is 16.9. The molecule has 1 aliphatic heterocycles. The Labute approximate surface area is 212 Å². The van der Waals surface area contributed by atoms with Crippen LogP contribution in [0.25, 0.3) is 0 Å². The summed E-state index contributed by atoms with van der Waals surface area (Å²) in [5, 5.41) is 4.03. The number of halogens is 1. The number of piperazine rings is 1. The summed E-state index contributed by atoms with van der Waals surface area (Å²) in [6, 6.07) is 18.1. The maximum absolute atomic E-state index is 13.8. The van der Waals surface area contributed by atoms with Gasteiger partial charge >= 0.3 is 0 Å². The number of nitrogens with one attached hydrogen (secondary N) is 1. The van der Waals surface area contributed by atoms with Crippen molar-refractivity contribution in [1.82, 2.24) is 14.9 Å². The number of hydrogen-bond donors (Lipinski definition) is 1. The van der Waals surface area contributed by atoms with E-state index in [1.807, 2.05) is 49.4 Å². The Kier molecular flexibility index (Phi) is 6.65. The molecule has 1 aliphatic carbocycles. The third-order valence-corrected chi connectivity index (χ3v) is 7.55. The first-order valence-electron chi connectivity index (χ1n) is 12.4. The molecule has 6 nitrogen and oxygen atoms in total. The minimum absolute atomic E-state index is 0.262. The molecule has 0 spiro atoms. The Hall–Kier alpha value is -3.12. The number of rotatable bonds is 5. The van der Waals surface area contributed by atoms with Crippen LogP contribution in [-0.2, 0) is 10.2 Å². The van der Waals surface area contributed by atoms with Gasteiger partial charge in [0.2, 0.25) is 11.9 Å². The normalized spacial score (nSPS) is 17.5. The number of carbonyl (C=O) groups excluding carboxylic acids is 1. The first-order valence-corrected chi connectivity index (χ1v) is 12.8. The molecule has 2 aromatic carbocycles. The van der Waals surface area contributed by atoms with Crippen molar-refractivity contribution in [2.75, 3.05) is 36.4 Å². The molecule has 1 N–H and O–H groups in total. The van der Waals surface area contributed by atoms with Crippen molar-refractivity contribution < 1.29 is 4.79 Å². The fraction of sp³-hybridized carbons (Fsp3) is 0.393. The van der Waals surface area contributed by atoms with E-state index in [9.17, 15) is 4.79 Å². The Balaban J connectivity index is 1.28. The van der Waals surface area contributed by atoms with Gasteiger partial charge in [-0.05, 0) is 56.5 Å². The van der Waals surface area contributed by atoms with Crippen molar-refractivity contribution in [3.05, 3.63) is 76.4 Å². The Morgan fingerprint density at radius 2 is 1.57 bits per heavy atom. The molecular formula is C28H32ClN5O. The number of aromatic nitrogens is 2. The summed E-state index contributed by atoms with van der Waals surface area (Å²) >= 11 is 6.12. The quantitative estimate of drug-likeness (QED) is 0.501. The third kappa shape index (κ3) is 4.98. The lowest BCUT2D eigenvalue weighted by Gasteiger charge is -2.40. The van der Waals surface area contributed by atoms with E-state index in [1.54, 1.807) is 0 Å². The van der Waals surface area contributed by atoms with E-state index in [0.717, 1.165) is 61.5 Å². The molecule has 2 aliphatic rings. The molecule has 1 aromatic heterocycles. The molecule has 0 unspecified atom stereocenters. The monoisotopic (exact) mass is 489 g/mol. The highest BCUT2D eigenvalue weighted by atomic mass is 35.5. The van der Waals surface area contributed by atoms with Gasteiger partial charge in [-0.2, -0.15) is 4.98 Å². The van der Waals surface area contributed by atoms with E-state index in [0.29, 0.717) is 24.1 Å². The van der Waals surface area contributed by atoms with Crippen molar-refractivity contribution in [2.45, 2.75) is 44.9 Å². The van der Waals surface area contributed by atoms with Gasteiger partial charge in [0.1, 0.15) is 5.82 Å². The van der Waals surface area contributed by atoms with Crippen LogP contribution in [0.5, 0.6) is 0 Å². The molecule has 5 rings (SSSR count). The van der Waals surface area contributed by atoms with Crippen molar-refractivity contribution in [3.8, 4) is 0 Å². The molecule has 2 heterocycles. The number of hydrogen-bond acceptors (Lipinski definition) is 5. The predicted molar refractivity (Wildman–Crippen MR) is 142 cm³/mol. The van der Waals surface area contributed by atoms with Crippen LogP contribution in [0.1, 0.15) is 42.5 Å². The van der Waals surface area contributed by atoms with Gasteiger partial charge in [0.05, 0.1) is 5.41 Å². The molecule has 7 heteroatoms. The molecule has 1 saturated carbocycles. The zero-order valence-electron chi connectivity index (χ0n) is 20.4. The van der Waals surface area contributed by atoms with Crippen molar-refractivity contribution in [2.24, 2.45) is 0 Å². The second-order valence-corrected chi connectivity index (χ2v) is 10.2. The zero-order valence-corrected chi connectivity index (χ0v) is 21.2. The van der Waals surface area contributed by atoms with Gasteiger partial charge in [-0.3, -0.25) is 4.79 Å². The minimum Gasteiger partial charge on any atom is -0.353 e. The molecule has 0 atom stereocenters. The summed E-state index contributed by atoms with van der Waals surface area (Å²) in [5.41, 5.74) is 3.78. The highest BCUT2D eigenvalue weighted by Gasteiger charge is 2.45. The van der Waals surface area contributed by atoms with Gasteiger partial charge in [0.15, 0.2) is 0 Å². The van der Waals surface area contributed by atoms with Crippen molar-refractivity contribution in [3.63, 3.8) is 0 Å². The van der Waals surface area contributed by atoms with Gasteiger partial charge in [0.25, 0.3) is 0 Å². The molecule has 0 radical (unpaired) electrons. The predicted octanol–water partition coefficient (Wildman–Crippen LogP) is 5.65. The van der Waals surface area contributed by atoms with Gasteiger partial charge < -0.3 is 15.1 Å². The van der Waals surface area contributed by atoms with E-state index in [4.69, 9.17) is 16.6 Å².